The molecule has 3 aromatic heterocycles. The summed E-state index contributed by atoms with van der Waals surface area (Å²) in [7, 11) is 1.56. The molecule has 4 heterocycles. The SMILES string of the molecule is COc1cccc(C(=O)Cn2cnc3c(C)c(N4CCCCC4)n(-c4ccccn4)c3c2=O)c1. The Kier molecular flexibility index (Phi) is 5.88. The molecule has 0 unspecified atom stereocenters. The Hall–Kier alpha value is -3.94. The van der Waals surface area contributed by atoms with Crippen molar-refractivity contribution in [2.75, 3.05) is 25.1 Å². The minimum atomic E-state index is -0.266. The normalized spacial score (nSPS) is 13.9. The van der Waals surface area contributed by atoms with Crippen LogP contribution in [0.25, 0.3) is 16.9 Å². The lowest BCUT2D eigenvalue weighted by Gasteiger charge is -2.30. The summed E-state index contributed by atoms with van der Waals surface area (Å²) >= 11 is 0. The maximum Gasteiger partial charge on any atom is 0.278 e. The lowest BCUT2D eigenvalue weighted by Crippen LogP contribution is -2.32. The minimum absolute atomic E-state index is 0.111. The first-order valence-corrected chi connectivity index (χ1v) is 11.5. The molecule has 0 N–H and O–H groups in total. The van der Waals surface area contributed by atoms with E-state index >= 15 is 0 Å². The Morgan fingerprint density at radius 3 is 2.62 bits per heavy atom. The highest BCUT2D eigenvalue weighted by Gasteiger charge is 2.26. The van der Waals surface area contributed by atoms with Gasteiger partial charge >= 0.3 is 0 Å². The number of fused-ring (bicyclic) bond motifs is 1. The molecular formula is C26H27N5O3. The highest BCUT2D eigenvalue weighted by molar-refractivity contribution is 5.96. The number of hydrogen-bond acceptors (Lipinski definition) is 6. The fourth-order valence-electron chi connectivity index (χ4n) is 4.68. The summed E-state index contributed by atoms with van der Waals surface area (Å²) in [4.78, 5) is 38.2. The van der Waals surface area contributed by atoms with Crippen LogP contribution in [0.2, 0.25) is 0 Å². The first-order valence-electron chi connectivity index (χ1n) is 11.5. The van der Waals surface area contributed by atoms with Gasteiger partial charge in [-0.3, -0.25) is 18.7 Å². The van der Waals surface area contributed by atoms with Crippen molar-refractivity contribution in [1.82, 2.24) is 19.1 Å². The molecule has 1 saturated heterocycles. The number of ketones is 1. The number of carbonyl (C=O) groups is 1. The van der Waals surface area contributed by atoms with E-state index in [0.29, 0.717) is 28.2 Å². The number of hydrogen-bond donors (Lipinski definition) is 0. The molecule has 4 aromatic rings. The topological polar surface area (TPSA) is 82.2 Å². The van der Waals surface area contributed by atoms with Crippen LogP contribution in [0.3, 0.4) is 0 Å². The standard InChI is InChI=1S/C26H27N5O3/c1-18-23-24(31(22-11-4-5-12-27-22)25(18)29-13-6-3-7-14-29)26(33)30(17-28-23)16-21(32)19-9-8-10-20(15-19)34-2/h4-5,8-12,15,17H,3,6-7,13-14,16H2,1-2H3. The van der Waals surface area contributed by atoms with Crippen LogP contribution in [0, 0.1) is 6.92 Å². The van der Waals surface area contributed by atoms with Gasteiger partial charge in [0.05, 0.1) is 20.0 Å². The maximum absolute atomic E-state index is 13.7. The second-order valence-electron chi connectivity index (χ2n) is 8.55. The third-order valence-corrected chi connectivity index (χ3v) is 6.38. The molecule has 0 bridgehead atoms. The Bertz CT molecular complexity index is 1400. The van der Waals surface area contributed by atoms with Crippen molar-refractivity contribution >= 4 is 22.6 Å². The minimum Gasteiger partial charge on any atom is -0.497 e. The number of benzene rings is 1. The zero-order valence-electron chi connectivity index (χ0n) is 19.4. The van der Waals surface area contributed by atoms with Crippen molar-refractivity contribution < 1.29 is 9.53 Å². The maximum atomic E-state index is 13.7. The lowest BCUT2D eigenvalue weighted by atomic mass is 10.1. The number of anilines is 1. The summed E-state index contributed by atoms with van der Waals surface area (Å²) in [5.41, 5.74) is 2.25. The average molecular weight is 458 g/mol. The Morgan fingerprint density at radius 2 is 1.88 bits per heavy atom. The van der Waals surface area contributed by atoms with Gasteiger partial charge in [0.1, 0.15) is 28.4 Å². The Labute approximate surface area is 197 Å². The number of nitrogens with zero attached hydrogens (tertiary/aromatic N) is 5. The number of rotatable bonds is 6. The quantitative estimate of drug-likeness (QED) is 0.410. The van der Waals surface area contributed by atoms with E-state index in [-0.39, 0.29) is 17.9 Å². The summed E-state index contributed by atoms with van der Waals surface area (Å²) in [5, 5.41) is 0. The zero-order valence-corrected chi connectivity index (χ0v) is 19.4. The van der Waals surface area contributed by atoms with E-state index in [2.05, 4.69) is 14.9 Å². The number of Topliss-reactive ketones (excluding diaryl/α,β-unsaturated/α-hetero) is 1. The fourth-order valence-corrected chi connectivity index (χ4v) is 4.68. The highest BCUT2D eigenvalue weighted by atomic mass is 16.5. The third kappa shape index (κ3) is 3.85. The number of ether oxygens (including phenoxy) is 1. The predicted octanol–water partition coefficient (Wildman–Crippen LogP) is 3.77. The molecule has 1 aliphatic rings. The van der Waals surface area contributed by atoms with Crippen LogP contribution in [0.15, 0.2) is 59.8 Å². The molecule has 0 atom stereocenters. The van der Waals surface area contributed by atoms with E-state index in [4.69, 9.17) is 4.74 Å². The molecule has 0 spiro atoms. The molecule has 5 rings (SSSR count). The lowest BCUT2D eigenvalue weighted by molar-refractivity contribution is 0.0970. The number of carbonyl (C=O) groups excluding carboxylic acids is 1. The molecular weight excluding hydrogens is 430 g/mol. The molecule has 8 nitrogen and oxygen atoms in total. The van der Waals surface area contributed by atoms with Crippen molar-refractivity contribution in [3.63, 3.8) is 0 Å². The molecule has 1 aliphatic heterocycles. The van der Waals surface area contributed by atoms with Gasteiger partial charge in [0, 0.05) is 30.4 Å². The monoisotopic (exact) mass is 457 g/mol. The average Bonchev–Trinajstić information content (AvgIpc) is 3.19. The summed E-state index contributed by atoms with van der Waals surface area (Å²) in [6, 6.07) is 12.6. The molecule has 0 saturated carbocycles. The first-order chi connectivity index (χ1) is 16.6. The van der Waals surface area contributed by atoms with Gasteiger partial charge in [-0.1, -0.05) is 18.2 Å². The second kappa shape index (κ2) is 9.13. The van der Waals surface area contributed by atoms with E-state index < -0.39 is 0 Å². The molecule has 34 heavy (non-hydrogen) atoms. The van der Waals surface area contributed by atoms with Crippen LogP contribution in [-0.2, 0) is 6.54 Å². The summed E-state index contributed by atoms with van der Waals surface area (Å²) in [6.07, 6.45) is 6.61. The molecule has 1 fully saturated rings. The van der Waals surface area contributed by atoms with Crippen LogP contribution in [0.5, 0.6) is 5.75 Å². The van der Waals surface area contributed by atoms with Crippen molar-refractivity contribution in [2.24, 2.45) is 0 Å². The van der Waals surface area contributed by atoms with Gasteiger partial charge in [-0.2, -0.15) is 0 Å². The molecule has 1 aromatic carbocycles. The van der Waals surface area contributed by atoms with Crippen LogP contribution < -0.4 is 15.2 Å². The van der Waals surface area contributed by atoms with Crippen LogP contribution in [0.4, 0.5) is 5.82 Å². The van der Waals surface area contributed by atoms with Gasteiger partial charge in [-0.05, 0) is 50.5 Å². The van der Waals surface area contributed by atoms with E-state index in [9.17, 15) is 9.59 Å². The molecule has 0 aliphatic carbocycles. The predicted molar refractivity (Wildman–Crippen MR) is 131 cm³/mol. The largest absolute Gasteiger partial charge is 0.497 e. The fraction of sp³-hybridized carbons (Fsp3) is 0.308. The Morgan fingerprint density at radius 1 is 1.06 bits per heavy atom. The molecule has 8 heteroatoms. The number of methoxy groups -OCH3 is 1. The third-order valence-electron chi connectivity index (χ3n) is 6.38. The Balaban J connectivity index is 1.65. The highest BCUT2D eigenvalue weighted by Crippen LogP contribution is 2.33. The molecule has 0 radical (unpaired) electrons. The van der Waals surface area contributed by atoms with Crippen molar-refractivity contribution in [1.29, 1.82) is 0 Å². The summed E-state index contributed by atoms with van der Waals surface area (Å²) < 4.78 is 8.52. The van der Waals surface area contributed by atoms with E-state index in [1.54, 1.807) is 37.6 Å². The van der Waals surface area contributed by atoms with Crippen LogP contribution >= 0.6 is 0 Å². The van der Waals surface area contributed by atoms with Crippen molar-refractivity contribution in [3.8, 4) is 11.6 Å². The number of pyridine rings is 1. The van der Waals surface area contributed by atoms with Gasteiger partial charge in [0.2, 0.25) is 0 Å². The van der Waals surface area contributed by atoms with E-state index in [1.165, 1.54) is 17.3 Å². The van der Waals surface area contributed by atoms with Crippen molar-refractivity contribution in [3.05, 3.63) is 76.5 Å². The van der Waals surface area contributed by atoms with Gasteiger partial charge in [-0.25, -0.2) is 9.97 Å². The second-order valence-corrected chi connectivity index (χ2v) is 8.55. The van der Waals surface area contributed by atoms with Crippen LogP contribution in [0.1, 0.15) is 35.2 Å². The first kappa shape index (κ1) is 21.9. The molecule has 174 valence electrons. The van der Waals surface area contributed by atoms with Crippen LogP contribution in [-0.4, -0.2) is 45.1 Å². The zero-order chi connectivity index (χ0) is 23.7. The summed E-state index contributed by atoms with van der Waals surface area (Å²) in [6.45, 7) is 3.74. The number of aryl methyl sites for hydroxylation is 1. The van der Waals surface area contributed by atoms with E-state index in [0.717, 1.165) is 37.3 Å². The van der Waals surface area contributed by atoms with Gasteiger partial charge in [-0.15, -0.1) is 0 Å². The van der Waals surface area contributed by atoms with Gasteiger partial charge in [0.15, 0.2) is 5.78 Å². The summed E-state index contributed by atoms with van der Waals surface area (Å²) in [5.74, 6) is 2.02. The van der Waals surface area contributed by atoms with Crippen molar-refractivity contribution in [2.45, 2.75) is 32.7 Å². The molecule has 0 amide bonds. The van der Waals surface area contributed by atoms with Gasteiger partial charge in [0.25, 0.3) is 5.56 Å². The number of aromatic nitrogens is 4. The van der Waals surface area contributed by atoms with Gasteiger partial charge < -0.3 is 9.64 Å². The smallest absolute Gasteiger partial charge is 0.278 e. The number of piperidine rings is 1. The van der Waals surface area contributed by atoms with E-state index in [1.807, 2.05) is 29.7 Å².